The predicted molar refractivity (Wildman–Crippen MR) is 220 cm³/mol. The maximum absolute atomic E-state index is 12.6. The lowest BCUT2D eigenvalue weighted by molar-refractivity contribution is 0.0508. The Morgan fingerprint density at radius 3 is 1.61 bits per heavy atom. The largest absolute Gasteiger partial charge is 0.461 e. The van der Waals surface area contributed by atoms with Crippen molar-refractivity contribution < 1.29 is 28.5 Å². The molecule has 0 spiro atoms. The van der Waals surface area contributed by atoms with Gasteiger partial charge in [0.15, 0.2) is 16.9 Å². The first-order valence-corrected chi connectivity index (χ1v) is 18.3. The van der Waals surface area contributed by atoms with Crippen molar-refractivity contribution in [1.29, 1.82) is 0 Å². The summed E-state index contributed by atoms with van der Waals surface area (Å²) in [6.07, 6.45) is 3.11. The van der Waals surface area contributed by atoms with Crippen LogP contribution in [0.25, 0.3) is 33.4 Å². The van der Waals surface area contributed by atoms with Crippen molar-refractivity contribution in [2.75, 3.05) is 13.2 Å². The number of H-pyrrole nitrogens is 1. The van der Waals surface area contributed by atoms with Crippen LogP contribution >= 0.6 is 28.3 Å². The molecule has 0 saturated heterocycles. The fourth-order valence-corrected chi connectivity index (χ4v) is 6.05. The Bertz CT molecular complexity index is 2690. The van der Waals surface area contributed by atoms with Crippen LogP contribution in [0.5, 0.6) is 23.0 Å². The van der Waals surface area contributed by atoms with Crippen LogP contribution < -0.4 is 14.9 Å². The number of hydrogen-bond acceptors (Lipinski definition) is 10. The number of halogens is 2. The van der Waals surface area contributed by atoms with Gasteiger partial charge in [-0.3, -0.25) is 9.78 Å². The third-order valence-electron chi connectivity index (χ3n) is 8.15. The summed E-state index contributed by atoms with van der Waals surface area (Å²) >= 11 is 3.47. The molecule has 4 aromatic heterocycles. The number of fused-ring (bicyclic) bond motifs is 2. The Morgan fingerprint density at radius 2 is 1.09 bits per heavy atom. The molecule has 0 atom stereocenters. The number of aromatic nitrogens is 6. The molecule has 0 amide bonds. The van der Waals surface area contributed by atoms with Gasteiger partial charge >= 0.3 is 11.9 Å². The third-order valence-corrected chi connectivity index (χ3v) is 8.79. The first-order valence-electron chi connectivity index (χ1n) is 17.5. The number of ether oxygens (including phenoxy) is 4. The maximum Gasteiger partial charge on any atom is 0.359 e. The van der Waals surface area contributed by atoms with E-state index < -0.39 is 11.9 Å². The number of aromatic amines is 1. The van der Waals surface area contributed by atoms with Gasteiger partial charge in [0.1, 0.15) is 39.5 Å². The number of nitrogens with zero attached hydrogens (tertiary/aromatic N) is 5. The summed E-state index contributed by atoms with van der Waals surface area (Å²) in [6, 6.07) is 36.5. The number of carbonyl (C=O) groups excluding carboxylic acids is 2. The Morgan fingerprint density at radius 1 is 0.614 bits per heavy atom. The molecule has 0 fully saturated rings. The van der Waals surface area contributed by atoms with E-state index >= 15 is 0 Å². The molecule has 0 saturated carbocycles. The Hall–Kier alpha value is -6.77. The molecule has 288 valence electrons. The van der Waals surface area contributed by atoms with Crippen molar-refractivity contribution >= 4 is 62.3 Å². The second-order valence-corrected chi connectivity index (χ2v) is 12.7. The van der Waals surface area contributed by atoms with Crippen LogP contribution in [0.2, 0.25) is 0 Å². The molecule has 0 unspecified atom stereocenters. The minimum absolute atomic E-state index is 0. The molecular weight excluding hydrogens is 816 g/mol. The van der Waals surface area contributed by atoms with Gasteiger partial charge in [-0.05, 0) is 109 Å². The predicted octanol–water partition coefficient (Wildman–Crippen LogP) is 9.26. The first kappa shape index (κ1) is 39.9. The molecule has 4 heterocycles. The fraction of sp³-hybridized carbons (Fsp3) is 0.0952. The van der Waals surface area contributed by atoms with Gasteiger partial charge < -0.3 is 23.9 Å². The average Bonchev–Trinajstić information content (AvgIpc) is 3.81. The molecule has 0 radical (unpaired) electrons. The molecule has 8 rings (SSSR count). The molecule has 13 nitrogen and oxygen atoms in total. The molecule has 57 heavy (non-hydrogen) atoms. The summed E-state index contributed by atoms with van der Waals surface area (Å²) < 4.78 is 25.7. The normalized spacial score (nSPS) is 10.6. The maximum atomic E-state index is 12.6. The van der Waals surface area contributed by atoms with E-state index in [0.717, 1.165) is 16.0 Å². The minimum atomic E-state index is -0.559. The minimum Gasteiger partial charge on any atom is -0.461 e. The van der Waals surface area contributed by atoms with Crippen LogP contribution in [0.4, 0.5) is 0 Å². The van der Waals surface area contributed by atoms with Crippen LogP contribution in [0.15, 0.2) is 143 Å². The molecule has 8 aromatic rings. The zero-order valence-corrected chi connectivity index (χ0v) is 32.9. The summed E-state index contributed by atoms with van der Waals surface area (Å²) in [5.74, 6) is 1.76. The van der Waals surface area contributed by atoms with E-state index in [-0.39, 0.29) is 48.0 Å². The van der Waals surface area contributed by atoms with E-state index in [1.807, 2.05) is 84.9 Å². The molecule has 0 bridgehead atoms. The van der Waals surface area contributed by atoms with Crippen molar-refractivity contribution in [2.24, 2.45) is 0 Å². The molecular formula is C42H34BrClN6O7. The monoisotopic (exact) mass is 848 g/mol. The van der Waals surface area contributed by atoms with E-state index in [9.17, 15) is 14.4 Å². The highest BCUT2D eigenvalue weighted by atomic mass is 79.9. The Labute approximate surface area is 340 Å². The van der Waals surface area contributed by atoms with E-state index in [1.54, 1.807) is 55.1 Å². The van der Waals surface area contributed by atoms with E-state index in [1.165, 1.54) is 16.9 Å². The number of nitrogens with one attached hydrogen (secondary N) is 1. The zero-order valence-electron chi connectivity index (χ0n) is 30.5. The molecule has 4 aromatic carbocycles. The molecule has 0 aliphatic carbocycles. The first-order chi connectivity index (χ1) is 27.3. The number of rotatable bonds is 10. The molecule has 0 aliphatic heterocycles. The number of benzene rings is 4. The highest BCUT2D eigenvalue weighted by molar-refractivity contribution is 9.10. The topological polar surface area (TPSA) is 152 Å². The van der Waals surface area contributed by atoms with Gasteiger partial charge in [-0.25, -0.2) is 19.0 Å². The molecule has 0 aliphatic rings. The Balaban J connectivity index is 0.000000189. The number of carbonyl (C=O) groups is 2. The highest BCUT2D eigenvalue weighted by Crippen LogP contribution is 2.29. The summed E-state index contributed by atoms with van der Waals surface area (Å²) in [7, 11) is 0. The van der Waals surface area contributed by atoms with E-state index in [0.29, 0.717) is 39.4 Å². The number of hydrogen-bond donors (Lipinski definition) is 1. The zero-order chi connectivity index (χ0) is 39.0. The number of pyridine rings is 2. The summed E-state index contributed by atoms with van der Waals surface area (Å²) in [4.78, 5) is 44.5. The smallest absolute Gasteiger partial charge is 0.359 e. The van der Waals surface area contributed by atoms with Crippen molar-refractivity contribution in [3.8, 4) is 34.4 Å². The van der Waals surface area contributed by atoms with Crippen LogP contribution in [0, 0.1) is 0 Å². The highest BCUT2D eigenvalue weighted by Gasteiger charge is 2.24. The standard InChI is InChI=1S/C21H16BrN3O3.C21H17N3O4.ClH/c1-2-27-21(26)20-19-18(17(22)12-13-23-19)24-25(20)14-8-10-16(11-9-14)28-15-6-4-3-5-7-15;1-2-27-21(26)20-19-18(17(25)12-13-22-19)23-24(20)14-8-10-16(11-9-14)28-15-6-4-3-5-7-15;/h3-13H,2H2,1H3;3-13,22H,2H2,1H3;1H. The van der Waals surface area contributed by atoms with Gasteiger partial charge in [0.2, 0.25) is 5.43 Å². The van der Waals surface area contributed by atoms with Crippen molar-refractivity contribution in [2.45, 2.75) is 13.8 Å². The molecule has 1 N–H and O–H groups in total. The lowest BCUT2D eigenvalue weighted by Crippen LogP contribution is -2.12. The number of esters is 2. The van der Waals surface area contributed by atoms with Gasteiger partial charge in [-0.15, -0.1) is 12.4 Å². The van der Waals surface area contributed by atoms with Gasteiger partial charge in [0, 0.05) is 22.9 Å². The van der Waals surface area contributed by atoms with Crippen molar-refractivity contribution in [3.63, 3.8) is 0 Å². The van der Waals surface area contributed by atoms with Gasteiger partial charge in [0.05, 0.1) is 24.6 Å². The summed E-state index contributed by atoms with van der Waals surface area (Å²) in [6.45, 7) is 3.97. The number of para-hydroxylation sites is 2. The van der Waals surface area contributed by atoms with E-state index in [4.69, 9.17) is 18.9 Å². The van der Waals surface area contributed by atoms with Gasteiger partial charge in [0.25, 0.3) is 0 Å². The summed E-state index contributed by atoms with van der Waals surface area (Å²) in [5.41, 5.74) is 3.09. The van der Waals surface area contributed by atoms with Crippen LogP contribution in [-0.4, -0.2) is 54.7 Å². The molecule has 15 heteroatoms. The second-order valence-electron chi connectivity index (χ2n) is 11.8. The van der Waals surface area contributed by atoms with Crippen LogP contribution in [0.3, 0.4) is 0 Å². The van der Waals surface area contributed by atoms with Crippen LogP contribution in [0.1, 0.15) is 34.8 Å². The fourth-order valence-electron chi connectivity index (χ4n) is 5.66. The van der Waals surface area contributed by atoms with Gasteiger partial charge in [-0.1, -0.05) is 36.4 Å². The van der Waals surface area contributed by atoms with Crippen molar-refractivity contribution in [3.05, 3.63) is 160 Å². The van der Waals surface area contributed by atoms with E-state index in [2.05, 4.69) is 36.1 Å². The van der Waals surface area contributed by atoms with Gasteiger partial charge in [-0.2, -0.15) is 10.2 Å². The van der Waals surface area contributed by atoms with Crippen molar-refractivity contribution in [1.82, 2.24) is 29.5 Å². The average molecular weight is 850 g/mol. The lowest BCUT2D eigenvalue weighted by atomic mass is 10.2. The van der Waals surface area contributed by atoms with Crippen LogP contribution in [-0.2, 0) is 9.47 Å². The third kappa shape index (κ3) is 8.88. The second kappa shape index (κ2) is 18.2. The lowest BCUT2D eigenvalue weighted by Gasteiger charge is -2.09. The summed E-state index contributed by atoms with van der Waals surface area (Å²) in [5, 5.41) is 8.90. The Kier molecular flexibility index (Phi) is 12.8. The SMILES string of the molecule is CCOC(=O)c1c2[nH]ccc(=O)c2nn1-c1ccc(Oc2ccccc2)cc1.CCOC(=O)c1c2nccc(Br)c2nn1-c1ccc(Oc2ccccc2)cc1.Cl. The quantitative estimate of drug-likeness (QED) is 0.132.